The van der Waals surface area contributed by atoms with E-state index in [4.69, 9.17) is 4.74 Å². The smallest absolute Gasteiger partial charge is 0.129 e. The fourth-order valence-electron chi connectivity index (χ4n) is 2.74. The maximum Gasteiger partial charge on any atom is 0.129 e. The van der Waals surface area contributed by atoms with E-state index in [1.165, 1.54) is 57.8 Å². The third-order valence-corrected chi connectivity index (χ3v) is 4.79. The summed E-state index contributed by atoms with van der Waals surface area (Å²) in [7, 11) is -1.22. The molecule has 2 heteroatoms. The third-order valence-electron chi connectivity index (χ3n) is 3.86. The lowest BCUT2D eigenvalue weighted by Crippen LogP contribution is -2.20. The molecule has 1 saturated heterocycles. The van der Waals surface area contributed by atoms with E-state index in [1.807, 2.05) is 0 Å². The first-order chi connectivity index (χ1) is 9.51. The average molecular weight is 295 g/mol. The molecule has 2 atom stereocenters. The molecule has 0 aromatic carbocycles. The molecule has 1 aliphatic rings. The second kappa shape index (κ2) is 9.63. The van der Waals surface area contributed by atoms with Crippen LogP contribution in [0.1, 0.15) is 71.1 Å². The maximum atomic E-state index is 6.32. The first-order valence-corrected chi connectivity index (χ1v) is 12.2. The molecule has 0 spiro atoms. The summed E-state index contributed by atoms with van der Waals surface area (Å²) in [6.07, 6.45) is 13.7. The zero-order chi connectivity index (χ0) is 14.8. The Morgan fingerprint density at radius 1 is 1.00 bits per heavy atom. The molecule has 1 fully saturated rings. The van der Waals surface area contributed by atoms with Crippen molar-refractivity contribution < 1.29 is 4.74 Å². The highest BCUT2D eigenvalue weighted by molar-refractivity contribution is 6.83. The summed E-state index contributed by atoms with van der Waals surface area (Å²) in [5.74, 6) is 3.41. The van der Waals surface area contributed by atoms with E-state index in [2.05, 4.69) is 38.0 Å². The van der Waals surface area contributed by atoms with Gasteiger partial charge in [0.05, 0.1) is 12.2 Å². The van der Waals surface area contributed by atoms with Gasteiger partial charge in [0.2, 0.25) is 0 Å². The fourth-order valence-corrected chi connectivity index (χ4v) is 3.38. The third kappa shape index (κ3) is 8.82. The summed E-state index contributed by atoms with van der Waals surface area (Å²) in [5, 5.41) is 0. The summed E-state index contributed by atoms with van der Waals surface area (Å²) >= 11 is 0. The number of unbranched alkanes of at least 4 members (excludes halogenated alkanes) is 3. The van der Waals surface area contributed by atoms with Crippen molar-refractivity contribution >= 4 is 8.07 Å². The van der Waals surface area contributed by atoms with Gasteiger partial charge in [0, 0.05) is 6.42 Å². The standard InChI is InChI=1S/C18H34OSi/c1-5-6-7-8-12-17-13-9-10-14-18(19-17)15-11-16-20(2,3)4/h17-18H,5-10,12-15H2,1-4H3/t17-,18-/m0/s1. The zero-order valence-corrected chi connectivity index (χ0v) is 15.1. The molecule has 0 N–H and O–H groups in total. The van der Waals surface area contributed by atoms with Crippen molar-refractivity contribution in [1.29, 1.82) is 0 Å². The number of rotatable bonds is 6. The molecular formula is C18H34OSi. The van der Waals surface area contributed by atoms with Crippen LogP contribution in [-0.4, -0.2) is 20.3 Å². The quantitative estimate of drug-likeness (QED) is 0.354. The molecule has 0 aromatic heterocycles. The Morgan fingerprint density at radius 2 is 1.70 bits per heavy atom. The van der Waals surface area contributed by atoms with Gasteiger partial charge in [-0.25, -0.2) is 0 Å². The molecule has 1 heterocycles. The van der Waals surface area contributed by atoms with Gasteiger partial charge in [-0.15, -0.1) is 11.5 Å². The SMILES string of the molecule is CCCCCC[C@H]1CCCC[C@@H](CC#C[Si](C)(C)C)O1. The minimum Gasteiger partial charge on any atom is -0.374 e. The Hall–Kier alpha value is -0.263. The fraction of sp³-hybridized carbons (Fsp3) is 0.889. The molecule has 116 valence electrons. The van der Waals surface area contributed by atoms with Crippen molar-refractivity contribution in [2.75, 3.05) is 0 Å². The van der Waals surface area contributed by atoms with Crippen LogP contribution in [0.2, 0.25) is 19.6 Å². The molecule has 1 rings (SSSR count). The maximum absolute atomic E-state index is 6.32. The van der Waals surface area contributed by atoms with E-state index < -0.39 is 8.07 Å². The second-order valence-electron chi connectivity index (χ2n) is 7.27. The van der Waals surface area contributed by atoms with Crippen molar-refractivity contribution in [3.05, 3.63) is 0 Å². The minimum absolute atomic E-state index is 0.400. The first-order valence-electron chi connectivity index (χ1n) is 8.67. The number of hydrogen-bond donors (Lipinski definition) is 0. The van der Waals surface area contributed by atoms with Gasteiger partial charge in [-0.3, -0.25) is 0 Å². The molecule has 1 nitrogen and oxygen atoms in total. The lowest BCUT2D eigenvalue weighted by Gasteiger charge is -2.20. The highest BCUT2D eigenvalue weighted by Gasteiger charge is 2.19. The van der Waals surface area contributed by atoms with Crippen LogP contribution in [0, 0.1) is 11.5 Å². The molecule has 0 saturated carbocycles. The van der Waals surface area contributed by atoms with Gasteiger partial charge < -0.3 is 4.74 Å². The second-order valence-corrected chi connectivity index (χ2v) is 12.0. The van der Waals surface area contributed by atoms with Gasteiger partial charge in [-0.05, 0) is 19.3 Å². The Kier molecular flexibility index (Phi) is 8.57. The van der Waals surface area contributed by atoms with Crippen LogP contribution in [-0.2, 0) is 4.74 Å². The van der Waals surface area contributed by atoms with Crippen molar-refractivity contribution in [1.82, 2.24) is 0 Å². The van der Waals surface area contributed by atoms with E-state index in [-0.39, 0.29) is 0 Å². The van der Waals surface area contributed by atoms with Crippen LogP contribution in [0.4, 0.5) is 0 Å². The summed E-state index contributed by atoms with van der Waals surface area (Å²) in [6.45, 7) is 9.20. The Labute approximate surface area is 127 Å². The van der Waals surface area contributed by atoms with E-state index in [9.17, 15) is 0 Å². The molecule has 0 radical (unpaired) electrons. The lowest BCUT2D eigenvalue weighted by molar-refractivity contribution is -0.0104. The average Bonchev–Trinajstić information content (AvgIpc) is 2.59. The Balaban J connectivity index is 2.33. The Morgan fingerprint density at radius 3 is 2.35 bits per heavy atom. The van der Waals surface area contributed by atoms with Crippen LogP contribution in [0.3, 0.4) is 0 Å². The molecule has 0 aliphatic carbocycles. The molecule has 0 amide bonds. The van der Waals surface area contributed by atoms with E-state index >= 15 is 0 Å². The largest absolute Gasteiger partial charge is 0.374 e. The van der Waals surface area contributed by atoms with Crippen molar-refractivity contribution in [2.45, 2.75) is 103 Å². The van der Waals surface area contributed by atoms with Crippen LogP contribution >= 0.6 is 0 Å². The normalized spacial score (nSPS) is 23.8. The van der Waals surface area contributed by atoms with Crippen LogP contribution in [0.5, 0.6) is 0 Å². The predicted molar refractivity (Wildman–Crippen MR) is 91.6 cm³/mol. The Bertz CT molecular complexity index is 308. The van der Waals surface area contributed by atoms with Gasteiger partial charge in [0.25, 0.3) is 0 Å². The highest BCUT2D eigenvalue weighted by atomic mass is 28.3. The van der Waals surface area contributed by atoms with Gasteiger partial charge >= 0.3 is 0 Å². The van der Waals surface area contributed by atoms with E-state index in [1.54, 1.807) is 0 Å². The van der Waals surface area contributed by atoms with Gasteiger partial charge in [-0.1, -0.05) is 65.1 Å². The molecular weight excluding hydrogens is 260 g/mol. The first kappa shape index (κ1) is 17.8. The predicted octanol–water partition coefficient (Wildman–Crippen LogP) is 5.56. The van der Waals surface area contributed by atoms with Gasteiger partial charge in [0.1, 0.15) is 8.07 Å². The molecule has 1 aliphatic heterocycles. The summed E-state index contributed by atoms with van der Waals surface area (Å²) in [5.41, 5.74) is 3.47. The monoisotopic (exact) mass is 294 g/mol. The highest BCUT2D eigenvalue weighted by Crippen LogP contribution is 2.23. The molecule has 0 unspecified atom stereocenters. The summed E-state index contributed by atoms with van der Waals surface area (Å²) < 4.78 is 6.32. The van der Waals surface area contributed by atoms with Gasteiger partial charge in [-0.2, -0.15) is 0 Å². The van der Waals surface area contributed by atoms with Crippen LogP contribution in [0.25, 0.3) is 0 Å². The number of ether oxygens (including phenoxy) is 1. The minimum atomic E-state index is -1.22. The summed E-state index contributed by atoms with van der Waals surface area (Å²) in [4.78, 5) is 0. The molecule has 20 heavy (non-hydrogen) atoms. The van der Waals surface area contributed by atoms with E-state index in [0.717, 1.165) is 6.42 Å². The van der Waals surface area contributed by atoms with Crippen LogP contribution < -0.4 is 0 Å². The van der Waals surface area contributed by atoms with Crippen molar-refractivity contribution in [3.63, 3.8) is 0 Å². The topological polar surface area (TPSA) is 9.23 Å². The van der Waals surface area contributed by atoms with Crippen molar-refractivity contribution in [3.8, 4) is 11.5 Å². The lowest BCUT2D eigenvalue weighted by atomic mass is 10.0. The molecule has 0 aromatic rings. The van der Waals surface area contributed by atoms with Crippen LogP contribution in [0.15, 0.2) is 0 Å². The number of hydrogen-bond acceptors (Lipinski definition) is 1. The zero-order valence-electron chi connectivity index (χ0n) is 14.1. The summed E-state index contributed by atoms with van der Waals surface area (Å²) in [6, 6.07) is 0. The molecule has 0 bridgehead atoms. The van der Waals surface area contributed by atoms with Gasteiger partial charge in [0.15, 0.2) is 0 Å². The van der Waals surface area contributed by atoms with E-state index in [0.29, 0.717) is 12.2 Å². The van der Waals surface area contributed by atoms with Crippen molar-refractivity contribution in [2.24, 2.45) is 0 Å².